The maximum atomic E-state index is 9.85. The first kappa shape index (κ1) is 14.3. The van der Waals surface area contributed by atoms with Crippen LogP contribution in [0.5, 0.6) is 0 Å². The second kappa shape index (κ2) is 5.89. The van der Waals surface area contributed by atoms with Crippen LogP contribution in [0.3, 0.4) is 0 Å². The van der Waals surface area contributed by atoms with E-state index in [9.17, 15) is 5.11 Å². The van der Waals surface area contributed by atoms with Gasteiger partial charge in [0.2, 0.25) is 0 Å². The van der Waals surface area contributed by atoms with Crippen LogP contribution in [0.25, 0.3) is 0 Å². The summed E-state index contributed by atoms with van der Waals surface area (Å²) in [7, 11) is 0. The van der Waals surface area contributed by atoms with Gasteiger partial charge in [0.25, 0.3) is 0 Å². The quantitative estimate of drug-likeness (QED) is 0.698. The number of nitrogens with one attached hydrogen (secondary N) is 1. The average molecular weight is 255 g/mol. The predicted octanol–water partition coefficient (Wildman–Crippen LogP) is 2.19. The molecule has 3 heteroatoms. The van der Waals surface area contributed by atoms with Gasteiger partial charge in [0.05, 0.1) is 18.3 Å². The van der Waals surface area contributed by atoms with Crippen LogP contribution in [0.1, 0.15) is 46.5 Å². The normalized spacial score (nSPS) is 22.5. The minimum atomic E-state index is -0.386. The summed E-state index contributed by atoms with van der Waals surface area (Å²) in [6.07, 6.45) is 5.33. The summed E-state index contributed by atoms with van der Waals surface area (Å²) >= 11 is 0. The number of ether oxygens (including phenoxy) is 1. The van der Waals surface area contributed by atoms with Crippen LogP contribution in [0.4, 0.5) is 0 Å². The Balaban J connectivity index is 1.56. The van der Waals surface area contributed by atoms with Crippen LogP contribution in [0, 0.1) is 17.8 Å². The molecule has 0 heterocycles. The molecule has 1 unspecified atom stereocenters. The zero-order chi connectivity index (χ0) is 13.2. The Hall–Kier alpha value is -0.120. The molecule has 0 saturated heterocycles. The van der Waals surface area contributed by atoms with Gasteiger partial charge < -0.3 is 15.2 Å². The average Bonchev–Trinajstić information content (AvgIpc) is 3.13. The minimum Gasteiger partial charge on any atom is -0.389 e. The first-order valence-corrected chi connectivity index (χ1v) is 7.48. The molecule has 0 bridgehead atoms. The molecule has 0 radical (unpaired) electrons. The highest BCUT2D eigenvalue weighted by atomic mass is 16.5. The lowest BCUT2D eigenvalue weighted by Gasteiger charge is -2.23. The summed E-state index contributed by atoms with van der Waals surface area (Å²) in [5.74, 6) is 2.83. The van der Waals surface area contributed by atoms with Crippen molar-refractivity contribution in [3.63, 3.8) is 0 Å². The van der Waals surface area contributed by atoms with E-state index >= 15 is 0 Å². The molecule has 2 saturated carbocycles. The van der Waals surface area contributed by atoms with Crippen molar-refractivity contribution in [2.45, 2.75) is 58.2 Å². The summed E-state index contributed by atoms with van der Waals surface area (Å²) in [4.78, 5) is 0. The van der Waals surface area contributed by atoms with Crippen molar-refractivity contribution in [1.29, 1.82) is 0 Å². The SMILES string of the molecule is CC(C)(C)OCC(O)CNCC(C1CC1)C1CC1. The number of aliphatic hydroxyl groups excluding tert-OH is 1. The topological polar surface area (TPSA) is 41.5 Å². The second-order valence-electron chi connectivity index (χ2n) is 7.07. The number of hydrogen-bond acceptors (Lipinski definition) is 3. The summed E-state index contributed by atoms with van der Waals surface area (Å²) < 4.78 is 5.58. The van der Waals surface area contributed by atoms with Gasteiger partial charge in [-0.1, -0.05) is 0 Å². The number of aliphatic hydroxyl groups is 1. The van der Waals surface area contributed by atoms with Crippen LogP contribution in [0.15, 0.2) is 0 Å². The zero-order valence-electron chi connectivity index (χ0n) is 12.1. The fourth-order valence-corrected chi connectivity index (χ4v) is 2.59. The zero-order valence-corrected chi connectivity index (χ0v) is 12.1. The molecule has 18 heavy (non-hydrogen) atoms. The van der Waals surface area contributed by atoms with E-state index in [4.69, 9.17) is 4.74 Å². The van der Waals surface area contributed by atoms with Crippen LogP contribution < -0.4 is 5.32 Å². The molecule has 2 fully saturated rings. The van der Waals surface area contributed by atoms with Crippen molar-refractivity contribution in [1.82, 2.24) is 5.32 Å². The fraction of sp³-hybridized carbons (Fsp3) is 1.00. The van der Waals surface area contributed by atoms with Crippen LogP contribution >= 0.6 is 0 Å². The van der Waals surface area contributed by atoms with Gasteiger partial charge in [0.15, 0.2) is 0 Å². The van der Waals surface area contributed by atoms with Gasteiger partial charge in [-0.3, -0.25) is 0 Å². The highest BCUT2D eigenvalue weighted by Gasteiger charge is 2.40. The molecule has 106 valence electrons. The van der Waals surface area contributed by atoms with E-state index in [0.717, 1.165) is 24.3 Å². The molecule has 3 nitrogen and oxygen atoms in total. The molecule has 0 aromatic heterocycles. The van der Waals surface area contributed by atoms with E-state index in [1.165, 1.54) is 25.7 Å². The minimum absolute atomic E-state index is 0.161. The van der Waals surface area contributed by atoms with E-state index in [-0.39, 0.29) is 11.7 Å². The predicted molar refractivity (Wildman–Crippen MR) is 73.5 cm³/mol. The highest BCUT2D eigenvalue weighted by molar-refractivity contribution is 4.92. The third-order valence-electron chi connectivity index (χ3n) is 3.92. The Morgan fingerprint density at radius 2 is 1.67 bits per heavy atom. The third kappa shape index (κ3) is 5.25. The smallest absolute Gasteiger partial charge is 0.0897 e. The Labute approximate surface area is 111 Å². The molecular formula is C15H29NO2. The lowest BCUT2D eigenvalue weighted by Crippen LogP contribution is -2.36. The molecule has 0 aromatic carbocycles. The van der Waals surface area contributed by atoms with Gasteiger partial charge in [0, 0.05) is 6.54 Å². The lowest BCUT2D eigenvalue weighted by atomic mass is 9.98. The Morgan fingerprint density at radius 3 is 2.11 bits per heavy atom. The van der Waals surface area contributed by atoms with E-state index in [2.05, 4.69) is 5.32 Å². The van der Waals surface area contributed by atoms with Crippen molar-refractivity contribution in [2.75, 3.05) is 19.7 Å². The molecule has 0 aromatic rings. The molecule has 0 aliphatic heterocycles. The van der Waals surface area contributed by atoms with Gasteiger partial charge in [0.1, 0.15) is 0 Å². The first-order chi connectivity index (χ1) is 8.46. The van der Waals surface area contributed by atoms with E-state index in [1.807, 2.05) is 20.8 Å². The molecule has 0 spiro atoms. The molecule has 2 N–H and O–H groups in total. The van der Waals surface area contributed by atoms with Gasteiger partial charge in [-0.2, -0.15) is 0 Å². The van der Waals surface area contributed by atoms with Gasteiger partial charge in [-0.05, 0) is 70.8 Å². The van der Waals surface area contributed by atoms with Crippen LogP contribution in [-0.2, 0) is 4.74 Å². The number of rotatable bonds is 8. The Morgan fingerprint density at radius 1 is 1.11 bits per heavy atom. The van der Waals surface area contributed by atoms with Crippen molar-refractivity contribution < 1.29 is 9.84 Å². The molecule has 1 atom stereocenters. The standard InChI is InChI=1S/C15H29NO2/c1-15(2,3)18-10-13(17)8-16-9-14(11-4-5-11)12-6-7-12/h11-14,16-17H,4-10H2,1-3H3. The molecule has 2 aliphatic rings. The van der Waals surface area contributed by atoms with Crippen molar-refractivity contribution in [2.24, 2.45) is 17.8 Å². The van der Waals surface area contributed by atoms with Crippen molar-refractivity contribution >= 4 is 0 Å². The second-order valence-corrected chi connectivity index (χ2v) is 7.07. The summed E-state index contributed by atoms with van der Waals surface area (Å²) in [5.41, 5.74) is -0.161. The molecule has 2 rings (SSSR count). The molecule has 2 aliphatic carbocycles. The van der Waals surface area contributed by atoms with E-state index < -0.39 is 0 Å². The summed E-state index contributed by atoms with van der Waals surface area (Å²) in [5, 5.41) is 13.3. The molecular weight excluding hydrogens is 226 g/mol. The summed E-state index contributed by atoms with van der Waals surface area (Å²) in [6.45, 7) is 8.22. The third-order valence-corrected chi connectivity index (χ3v) is 3.92. The monoisotopic (exact) mass is 255 g/mol. The largest absolute Gasteiger partial charge is 0.389 e. The van der Waals surface area contributed by atoms with Crippen LogP contribution in [0.2, 0.25) is 0 Å². The van der Waals surface area contributed by atoms with Crippen LogP contribution in [-0.4, -0.2) is 36.5 Å². The lowest BCUT2D eigenvalue weighted by molar-refractivity contribution is -0.0480. The Kier molecular flexibility index (Phi) is 4.68. The van der Waals surface area contributed by atoms with Crippen molar-refractivity contribution in [3.8, 4) is 0 Å². The highest BCUT2D eigenvalue weighted by Crippen LogP contribution is 2.48. The van der Waals surface area contributed by atoms with Gasteiger partial charge in [-0.25, -0.2) is 0 Å². The number of hydrogen-bond donors (Lipinski definition) is 2. The van der Waals surface area contributed by atoms with E-state index in [1.54, 1.807) is 0 Å². The van der Waals surface area contributed by atoms with Gasteiger partial charge in [-0.15, -0.1) is 0 Å². The summed E-state index contributed by atoms with van der Waals surface area (Å²) in [6, 6.07) is 0. The Bertz CT molecular complexity index is 242. The molecule has 0 amide bonds. The first-order valence-electron chi connectivity index (χ1n) is 7.48. The van der Waals surface area contributed by atoms with Crippen molar-refractivity contribution in [3.05, 3.63) is 0 Å². The maximum absolute atomic E-state index is 9.85. The maximum Gasteiger partial charge on any atom is 0.0897 e. The fourth-order valence-electron chi connectivity index (χ4n) is 2.59. The van der Waals surface area contributed by atoms with Gasteiger partial charge >= 0.3 is 0 Å². The van der Waals surface area contributed by atoms with E-state index in [0.29, 0.717) is 13.2 Å².